The molecule has 1 atom stereocenters. The molecule has 1 aliphatic heterocycles. The lowest BCUT2D eigenvalue weighted by Gasteiger charge is -2.25. The molecule has 0 saturated carbocycles. The van der Waals surface area contributed by atoms with Gasteiger partial charge in [0.15, 0.2) is 0 Å². The molecular formula is C20H24ClN3O2. The van der Waals surface area contributed by atoms with Crippen LogP contribution in [-0.4, -0.2) is 41.6 Å². The highest BCUT2D eigenvalue weighted by atomic mass is 35.5. The van der Waals surface area contributed by atoms with Crippen LogP contribution in [0, 0.1) is 0 Å². The summed E-state index contributed by atoms with van der Waals surface area (Å²) < 4.78 is 5.69. The Morgan fingerprint density at radius 2 is 2.12 bits per heavy atom. The smallest absolute Gasteiger partial charge is 0.253 e. The van der Waals surface area contributed by atoms with Gasteiger partial charge in [-0.1, -0.05) is 30.7 Å². The first-order valence-corrected chi connectivity index (χ1v) is 9.38. The van der Waals surface area contributed by atoms with E-state index in [2.05, 4.69) is 11.9 Å². The molecule has 0 bridgehead atoms. The Hall–Kier alpha value is -2.11. The molecule has 1 aromatic carbocycles. The van der Waals surface area contributed by atoms with Gasteiger partial charge in [0.25, 0.3) is 5.91 Å². The number of hydrogen-bond acceptors (Lipinski definition) is 4. The molecule has 1 aliphatic rings. The normalized spacial score (nSPS) is 16.6. The van der Waals surface area contributed by atoms with Crippen molar-refractivity contribution in [2.24, 2.45) is 0 Å². The van der Waals surface area contributed by atoms with Gasteiger partial charge in [0.2, 0.25) is 0 Å². The maximum absolute atomic E-state index is 12.9. The Morgan fingerprint density at radius 3 is 2.73 bits per heavy atom. The second-order valence-electron chi connectivity index (χ2n) is 6.55. The molecule has 1 amide bonds. The fourth-order valence-electron chi connectivity index (χ4n) is 3.17. The summed E-state index contributed by atoms with van der Waals surface area (Å²) in [5, 5.41) is 0.424. The highest BCUT2D eigenvalue weighted by molar-refractivity contribution is 6.33. The zero-order valence-electron chi connectivity index (χ0n) is 15.0. The second kappa shape index (κ2) is 8.52. The minimum absolute atomic E-state index is 0.0439. The third kappa shape index (κ3) is 4.34. The highest BCUT2D eigenvalue weighted by Crippen LogP contribution is 2.25. The van der Waals surface area contributed by atoms with Crippen LogP contribution in [0.4, 0.5) is 5.82 Å². The van der Waals surface area contributed by atoms with Crippen molar-refractivity contribution >= 4 is 23.3 Å². The van der Waals surface area contributed by atoms with Crippen molar-refractivity contribution < 1.29 is 9.53 Å². The third-order valence-corrected chi connectivity index (χ3v) is 4.87. The number of anilines is 1. The molecule has 1 fully saturated rings. The van der Waals surface area contributed by atoms with Gasteiger partial charge in [0, 0.05) is 37.0 Å². The number of aromatic nitrogens is 1. The molecule has 138 valence electrons. The standard InChI is InChI=1S/C20H24ClN3O2/c1-2-9-24(13-17-4-3-10-26-17)20(25)15-7-5-14(6-8-15)16-11-18(21)19(22)23-12-16/h5-8,11-12,17H,2-4,9-10,13H2,1H3,(H2,22,23)/t17-/m1/s1. The molecule has 1 saturated heterocycles. The van der Waals surface area contributed by atoms with E-state index in [0.717, 1.165) is 43.5 Å². The summed E-state index contributed by atoms with van der Waals surface area (Å²) >= 11 is 6.04. The fraction of sp³-hybridized carbons (Fsp3) is 0.400. The van der Waals surface area contributed by atoms with Crippen molar-refractivity contribution in [1.82, 2.24) is 9.88 Å². The molecule has 0 aliphatic carbocycles. The van der Waals surface area contributed by atoms with E-state index in [1.165, 1.54) is 0 Å². The van der Waals surface area contributed by atoms with Crippen LogP contribution in [0.5, 0.6) is 0 Å². The van der Waals surface area contributed by atoms with Gasteiger partial charge in [-0.25, -0.2) is 4.98 Å². The lowest BCUT2D eigenvalue weighted by Crippen LogP contribution is -2.37. The summed E-state index contributed by atoms with van der Waals surface area (Å²) in [7, 11) is 0. The summed E-state index contributed by atoms with van der Waals surface area (Å²) in [4.78, 5) is 18.9. The Bertz CT molecular complexity index is 758. The zero-order chi connectivity index (χ0) is 18.5. The molecule has 2 N–H and O–H groups in total. The van der Waals surface area contributed by atoms with E-state index in [4.69, 9.17) is 22.1 Å². The van der Waals surface area contributed by atoms with Gasteiger partial charge in [0.05, 0.1) is 11.1 Å². The molecule has 0 spiro atoms. The molecule has 2 aromatic rings. The Labute approximate surface area is 159 Å². The van der Waals surface area contributed by atoms with E-state index >= 15 is 0 Å². The molecule has 26 heavy (non-hydrogen) atoms. The topological polar surface area (TPSA) is 68.5 Å². The van der Waals surface area contributed by atoms with Crippen molar-refractivity contribution in [1.29, 1.82) is 0 Å². The van der Waals surface area contributed by atoms with Crippen LogP contribution >= 0.6 is 11.6 Å². The largest absolute Gasteiger partial charge is 0.382 e. The summed E-state index contributed by atoms with van der Waals surface area (Å²) in [6.45, 7) is 4.27. The van der Waals surface area contributed by atoms with E-state index in [1.807, 2.05) is 29.2 Å². The number of nitrogen functional groups attached to an aromatic ring is 1. The third-order valence-electron chi connectivity index (χ3n) is 4.56. The number of pyridine rings is 1. The minimum Gasteiger partial charge on any atom is -0.382 e. The summed E-state index contributed by atoms with van der Waals surface area (Å²) in [6, 6.07) is 9.29. The van der Waals surface area contributed by atoms with Gasteiger partial charge < -0.3 is 15.4 Å². The van der Waals surface area contributed by atoms with Crippen LogP contribution in [0.3, 0.4) is 0 Å². The predicted octanol–water partition coefficient (Wildman–Crippen LogP) is 4.02. The molecule has 1 aromatic heterocycles. The number of halogens is 1. The van der Waals surface area contributed by atoms with Crippen molar-refractivity contribution in [2.75, 3.05) is 25.4 Å². The molecule has 3 rings (SSSR count). The van der Waals surface area contributed by atoms with Crippen molar-refractivity contribution in [3.63, 3.8) is 0 Å². The molecular weight excluding hydrogens is 350 g/mol. The van der Waals surface area contributed by atoms with E-state index in [0.29, 0.717) is 22.9 Å². The first kappa shape index (κ1) is 18.7. The average Bonchev–Trinajstić information content (AvgIpc) is 3.16. The Balaban J connectivity index is 1.74. The van der Waals surface area contributed by atoms with Gasteiger partial charge in [-0.15, -0.1) is 0 Å². The number of carbonyl (C=O) groups excluding carboxylic acids is 1. The van der Waals surface area contributed by atoms with Gasteiger partial charge in [-0.2, -0.15) is 0 Å². The maximum Gasteiger partial charge on any atom is 0.253 e. The minimum atomic E-state index is 0.0439. The SMILES string of the molecule is CCCN(C[C@H]1CCCO1)C(=O)c1ccc(-c2cnc(N)c(Cl)c2)cc1. The lowest BCUT2D eigenvalue weighted by atomic mass is 10.0. The average molecular weight is 374 g/mol. The number of ether oxygens (including phenoxy) is 1. The van der Waals surface area contributed by atoms with Crippen LogP contribution < -0.4 is 5.73 Å². The lowest BCUT2D eigenvalue weighted by molar-refractivity contribution is 0.0526. The first-order valence-electron chi connectivity index (χ1n) is 9.01. The van der Waals surface area contributed by atoms with E-state index < -0.39 is 0 Å². The molecule has 2 heterocycles. The maximum atomic E-state index is 12.9. The summed E-state index contributed by atoms with van der Waals surface area (Å²) in [6.07, 6.45) is 4.86. The van der Waals surface area contributed by atoms with Crippen molar-refractivity contribution in [2.45, 2.75) is 32.3 Å². The number of rotatable bonds is 6. The van der Waals surface area contributed by atoms with E-state index in [1.54, 1.807) is 12.3 Å². The van der Waals surface area contributed by atoms with Gasteiger partial charge in [-0.05, 0) is 43.0 Å². The number of carbonyl (C=O) groups is 1. The number of nitrogens with zero attached hydrogens (tertiary/aromatic N) is 2. The quantitative estimate of drug-likeness (QED) is 0.830. The van der Waals surface area contributed by atoms with Crippen LogP contribution in [-0.2, 0) is 4.74 Å². The number of hydrogen-bond donors (Lipinski definition) is 1. The summed E-state index contributed by atoms with van der Waals surface area (Å²) in [5.41, 5.74) is 8.14. The van der Waals surface area contributed by atoms with E-state index in [-0.39, 0.29) is 12.0 Å². The number of amides is 1. The molecule has 0 radical (unpaired) electrons. The zero-order valence-corrected chi connectivity index (χ0v) is 15.7. The molecule has 5 nitrogen and oxygen atoms in total. The molecule has 0 unspecified atom stereocenters. The predicted molar refractivity (Wildman–Crippen MR) is 104 cm³/mol. The number of nitrogens with two attached hydrogens (primary N) is 1. The first-order chi connectivity index (χ1) is 12.6. The van der Waals surface area contributed by atoms with E-state index in [9.17, 15) is 4.79 Å². The van der Waals surface area contributed by atoms with Gasteiger partial charge in [-0.3, -0.25) is 4.79 Å². The second-order valence-corrected chi connectivity index (χ2v) is 6.96. The Morgan fingerprint density at radius 1 is 1.35 bits per heavy atom. The van der Waals surface area contributed by atoms with Crippen molar-refractivity contribution in [3.8, 4) is 11.1 Å². The van der Waals surface area contributed by atoms with Crippen molar-refractivity contribution in [3.05, 3.63) is 47.1 Å². The number of benzene rings is 1. The fourth-order valence-corrected chi connectivity index (χ4v) is 3.34. The van der Waals surface area contributed by atoms with Gasteiger partial charge in [0.1, 0.15) is 5.82 Å². The van der Waals surface area contributed by atoms with Crippen LogP contribution in [0.25, 0.3) is 11.1 Å². The molecule has 6 heteroatoms. The highest BCUT2D eigenvalue weighted by Gasteiger charge is 2.23. The van der Waals surface area contributed by atoms with Crippen LogP contribution in [0.15, 0.2) is 36.5 Å². The van der Waals surface area contributed by atoms with Crippen LogP contribution in [0.2, 0.25) is 5.02 Å². The summed E-state index contributed by atoms with van der Waals surface area (Å²) in [5.74, 6) is 0.355. The van der Waals surface area contributed by atoms with Crippen LogP contribution in [0.1, 0.15) is 36.5 Å². The monoisotopic (exact) mass is 373 g/mol. The van der Waals surface area contributed by atoms with Gasteiger partial charge >= 0.3 is 0 Å². The Kier molecular flexibility index (Phi) is 6.12.